The van der Waals surface area contributed by atoms with Crippen LogP contribution in [0, 0.1) is 0 Å². The van der Waals surface area contributed by atoms with E-state index in [0.29, 0.717) is 31.5 Å². The van der Waals surface area contributed by atoms with Crippen LogP contribution in [0.25, 0.3) is 0 Å². The molecule has 0 bridgehead atoms. The molecule has 132 valence electrons. The minimum Gasteiger partial charge on any atom is -0.353 e. The third kappa shape index (κ3) is 3.88. The highest BCUT2D eigenvalue weighted by Gasteiger charge is 2.29. The maximum Gasteiger partial charge on any atom is 0.328 e. The second kappa shape index (κ2) is 7.48. The van der Waals surface area contributed by atoms with Gasteiger partial charge in [-0.05, 0) is 18.4 Å². The Kier molecular flexibility index (Phi) is 5.14. The Morgan fingerprint density at radius 3 is 2.68 bits per heavy atom. The lowest BCUT2D eigenvalue weighted by atomic mass is 10.0. The first-order valence-electron chi connectivity index (χ1n) is 8.39. The lowest BCUT2D eigenvalue weighted by molar-refractivity contribution is -0.128. The zero-order chi connectivity index (χ0) is 17.8. The summed E-state index contributed by atoms with van der Waals surface area (Å²) >= 11 is 0. The summed E-state index contributed by atoms with van der Waals surface area (Å²) in [5.41, 5.74) is 0.943. The van der Waals surface area contributed by atoms with Crippen LogP contribution in [-0.4, -0.2) is 46.0 Å². The summed E-state index contributed by atoms with van der Waals surface area (Å²) < 4.78 is 1.07. The minimum absolute atomic E-state index is 0.0180. The van der Waals surface area contributed by atoms with E-state index in [0.717, 1.165) is 16.7 Å². The molecule has 2 heterocycles. The molecule has 25 heavy (non-hydrogen) atoms. The normalized spacial score (nSPS) is 18.1. The number of benzene rings is 1. The molecule has 0 spiro atoms. The van der Waals surface area contributed by atoms with E-state index in [1.807, 2.05) is 30.3 Å². The molecule has 1 amide bonds. The highest BCUT2D eigenvalue weighted by molar-refractivity contribution is 5.82. The van der Waals surface area contributed by atoms with Gasteiger partial charge in [0.15, 0.2) is 0 Å². The summed E-state index contributed by atoms with van der Waals surface area (Å²) in [6, 6.07) is 9.65. The van der Waals surface area contributed by atoms with Crippen molar-refractivity contribution in [2.24, 2.45) is 7.05 Å². The van der Waals surface area contributed by atoms with Crippen LogP contribution < -0.4 is 16.6 Å². The predicted molar refractivity (Wildman–Crippen MR) is 94.5 cm³/mol. The van der Waals surface area contributed by atoms with E-state index >= 15 is 0 Å². The SMILES string of the molecule is Cn1c(=O)[nH]cc(CCN2CCNC(=O)C2Cc2ccccc2)c1=O. The molecule has 2 aromatic rings. The van der Waals surface area contributed by atoms with Gasteiger partial charge in [0, 0.05) is 38.4 Å². The van der Waals surface area contributed by atoms with E-state index in [-0.39, 0.29) is 17.5 Å². The molecule has 7 heteroatoms. The van der Waals surface area contributed by atoms with Crippen molar-refractivity contribution < 1.29 is 4.79 Å². The molecule has 1 aliphatic rings. The largest absolute Gasteiger partial charge is 0.353 e. The van der Waals surface area contributed by atoms with Crippen LogP contribution in [0.5, 0.6) is 0 Å². The number of hydrogen-bond donors (Lipinski definition) is 2. The average Bonchev–Trinajstić information content (AvgIpc) is 2.62. The predicted octanol–water partition coefficient (Wildman–Crippen LogP) is -0.341. The van der Waals surface area contributed by atoms with Gasteiger partial charge in [0.1, 0.15) is 0 Å². The third-order valence-electron chi connectivity index (χ3n) is 4.64. The maximum absolute atomic E-state index is 12.3. The molecule has 1 aromatic heterocycles. The van der Waals surface area contributed by atoms with E-state index in [1.165, 1.54) is 13.2 Å². The molecule has 1 aliphatic heterocycles. The van der Waals surface area contributed by atoms with Crippen LogP contribution in [0.2, 0.25) is 0 Å². The van der Waals surface area contributed by atoms with Gasteiger partial charge in [-0.25, -0.2) is 4.79 Å². The highest BCUT2D eigenvalue weighted by Crippen LogP contribution is 2.12. The van der Waals surface area contributed by atoms with E-state index in [2.05, 4.69) is 15.2 Å². The van der Waals surface area contributed by atoms with Crippen molar-refractivity contribution >= 4 is 5.91 Å². The van der Waals surface area contributed by atoms with Gasteiger partial charge in [0.25, 0.3) is 5.56 Å². The van der Waals surface area contributed by atoms with Crippen molar-refractivity contribution in [2.45, 2.75) is 18.9 Å². The molecule has 1 unspecified atom stereocenters. The second-order valence-electron chi connectivity index (χ2n) is 6.27. The van der Waals surface area contributed by atoms with Gasteiger partial charge in [-0.1, -0.05) is 30.3 Å². The molecule has 0 saturated carbocycles. The first kappa shape index (κ1) is 17.2. The standard InChI is InChI=1S/C18H22N4O3/c1-21-17(24)14(12-20-18(21)25)7-9-22-10-8-19-16(23)15(22)11-13-5-3-2-4-6-13/h2-6,12,15H,7-11H2,1H3,(H,19,23)(H,20,25). The van der Waals surface area contributed by atoms with Gasteiger partial charge in [-0.15, -0.1) is 0 Å². The number of aromatic nitrogens is 2. The lowest BCUT2D eigenvalue weighted by Crippen LogP contribution is -2.56. The Morgan fingerprint density at radius 2 is 1.92 bits per heavy atom. The highest BCUT2D eigenvalue weighted by atomic mass is 16.2. The summed E-state index contributed by atoms with van der Waals surface area (Å²) in [5.74, 6) is 0.0180. The zero-order valence-electron chi connectivity index (χ0n) is 14.2. The summed E-state index contributed by atoms with van der Waals surface area (Å²) in [5, 5.41) is 2.91. The quantitative estimate of drug-likeness (QED) is 0.778. The molecule has 1 fully saturated rings. The van der Waals surface area contributed by atoms with Crippen LogP contribution in [0.1, 0.15) is 11.1 Å². The average molecular weight is 342 g/mol. The molecular formula is C18H22N4O3. The molecule has 2 N–H and O–H groups in total. The number of carbonyl (C=O) groups is 1. The Balaban J connectivity index is 1.73. The van der Waals surface area contributed by atoms with Crippen LogP contribution in [0.15, 0.2) is 46.1 Å². The Bertz CT molecular complexity index is 857. The Labute approximate surface area is 145 Å². The van der Waals surface area contributed by atoms with Crippen molar-refractivity contribution in [3.05, 3.63) is 68.5 Å². The lowest BCUT2D eigenvalue weighted by Gasteiger charge is -2.35. The molecule has 1 aromatic carbocycles. The van der Waals surface area contributed by atoms with Gasteiger partial charge >= 0.3 is 5.69 Å². The molecule has 0 radical (unpaired) electrons. The van der Waals surface area contributed by atoms with Crippen molar-refractivity contribution in [2.75, 3.05) is 19.6 Å². The molecule has 3 rings (SSSR count). The van der Waals surface area contributed by atoms with Crippen molar-refractivity contribution in [1.29, 1.82) is 0 Å². The fourth-order valence-corrected chi connectivity index (χ4v) is 3.15. The summed E-state index contributed by atoms with van der Waals surface area (Å²) in [7, 11) is 1.46. The first-order valence-corrected chi connectivity index (χ1v) is 8.39. The second-order valence-corrected chi connectivity index (χ2v) is 6.27. The van der Waals surface area contributed by atoms with Crippen molar-refractivity contribution in [3.63, 3.8) is 0 Å². The number of amides is 1. The van der Waals surface area contributed by atoms with Crippen LogP contribution in [-0.2, 0) is 24.7 Å². The Hall–Kier alpha value is -2.67. The van der Waals surface area contributed by atoms with Crippen LogP contribution >= 0.6 is 0 Å². The topological polar surface area (TPSA) is 87.2 Å². The number of hydrogen-bond acceptors (Lipinski definition) is 4. The first-order chi connectivity index (χ1) is 12.1. The number of piperazine rings is 1. The summed E-state index contributed by atoms with van der Waals surface area (Å²) in [6.07, 6.45) is 2.60. The molecular weight excluding hydrogens is 320 g/mol. The fraction of sp³-hybridized carbons (Fsp3) is 0.389. The molecule has 1 atom stereocenters. The molecule has 7 nitrogen and oxygen atoms in total. The van der Waals surface area contributed by atoms with Gasteiger partial charge < -0.3 is 10.3 Å². The smallest absolute Gasteiger partial charge is 0.328 e. The summed E-state index contributed by atoms with van der Waals surface area (Å²) in [4.78, 5) is 40.6. The molecule has 1 saturated heterocycles. The van der Waals surface area contributed by atoms with E-state index in [4.69, 9.17) is 0 Å². The van der Waals surface area contributed by atoms with E-state index in [9.17, 15) is 14.4 Å². The number of nitrogens with one attached hydrogen (secondary N) is 2. The van der Waals surface area contributed by atoms with Crippen molar-refractivity contribution in [3.8, 4) is 0 Å². The van der Waals surface area contributed by atoms with Crippen LogP contribution in [0.4, 0.5) is 0 Å². The summed E-state index contributed by atoms with van der Waals surface area (Å²) in [6.45, 7) is 1.94. The van der Waals surface area contributed by atoms with Crippen LogP contribution in [0.3, 0.4) is 0 Å². The van der Waals surface area contributed by atoms with Gasteiger partial charge in [-0.2, -0.15) is 0 Å². The number of H-pyrrole nitrogens is 1. The Morgan fingerprint density at radius 1 is 1.16 bits per heavy atom. The van der Waals surface area contributed by atoms with Crippen molar-refractivity contribution in [1.82, 2.24) is 19.8 Å². The minimum atomic E-state index is -0.423. The number of nitrogens with zero attached hydrogens (tertiary/aromatic N) is 2. The number of rotatable bonds is 5. The number of aromatic amines is 1. The van der Waals surface area contributed by atoms with Gasteiger partial charge in [-0.3, -0.25) is 19.1 Å². The maximum atomic E-state index is 12.3. The van der Waals surface area contributed by atoms with Gasteiger partial charge in [0.2, 0.25) is 5.91 Å². The zero-order valence-corrected chi connectivity index (χ0v) is 14.2. The number of carbonyl (C=O) groups excluding carboxylic acids is 1. The van der Waals surface area contributed by atoms with Gasteiger partial charge in [0.05, 0.1) is 6.04 Å². The monoisotopic (exact) mass is 342 g/mol. The molecule has 0 aliphatic carbocycles. The van der Waals surface area contributed by atoms with E-state index in [1.54, 1.807) is 0 Å². The fourth-order valence-electron chi connectivity index (χ4n) is 3.15. The van der Waals surface area contributed by atoms with E-state index < -0.39 is 5.69 Å². The third-order valence-corrected chi connectivity index (χ3v) is 4.64.